The largest absolute Gasteiger partial charge is 0.480 e. The molecule has 1 aromatic rings. The van der Waals surface area contributed by atoms with Gasteiger partial charge in [-0.1, -0.05) is 17.7 Å². The lowest BCUT2D eigenvalue weighted by Crippen LogP contribution is -2.42. The molecule has 0 radical (unpaired) electrons. The van der Waals surface area contributed by atoms with E-state index in [1.807, 2.05) is 13.0 Å². The van der Waals surface area contributed by atoms with Crippen LogP contribution in [0.25, 0.3) is 0 Å². The van der Waals surface area contributed by atoms with Crippen molar-refractivity contribution in [2.45, 2.75) is 25.8 Å². The molecule has 2 N–H and O–H groups in total. The van der Waals surface area contributed by atoms with Crippen LogP contribution in [0.2, 0.25) is 5.02 Å². The van der Waals surface area contributed by atoms with E-state index in [9.17, 15) is 9.59 Å². The van der Waals surface area contributed by atoms with Gasteiger partial charge in [0.1, 0.15) is 6.04 Å². The maximum absolute atomic E-state index is 12.1. The first-order valence-electron chi connectivity index (χ1n) is 6.05. The Balaban J connectivity index is 2.10. The van der Waals surface area contributed by atoms with Gasteiger partial charge in [-0.15, -0.1) is 0 Å². The number of aliphatic carboxylic acids is 1. The first kappa shape index (κ1) is 13.7. The van der Waals surface area contributed by atoms with E-state index in [4.69, 9.17) is 16.7 Å². The number of urea groups is 1. The molecule has 1 aliphatic rings. The summed E-state index contributed by atoms with van der Waals surface area (Å²) in [5.74, 6) is -0.970. The second kappa shape index (κ2) is 5.48. The number of carboxylic acid groups (broad SMARTS) is 1. The molecule has 1 saturated heterocycles. The van der Waals surface area contributed by atoms with Crippen molar-refractivity contribution in [3.05, 3.63) is 28.8 Å². The average Bonchev–Trinajstić information content (AvgIpc) is 2.82. The lowest BCUT2D eigenvalue weighted by atomic mass is 10.2. The zero-order valence-corrected chi connectivity index (χ0v) is 11.3. The van der Waals surface area contributed by atoms with Gasteiger partial charge < -0.3 is 15.3 Å². The van der Waals surface area contributed by atoms with E-state index in [0.29, 0.717) is 30.1 Å². The Morgan fingerprint density at radius 1 is 1.47 bits per heavy atom. The van der Waals surface area contributed by atoms with Crippen molar-refractivity contribution in [1.82, 2.24) is 4.90 Å². The molecule has 0 aliphatic carbocycles. The van der Waals surface area contributed by atoms with Crippen LogP contribution in [0.15, 0.2) is 18.2 Å². The summed E-state index contributed by atoms with van der Waals surface area (Å²) in [5.41, 5.74) is 1.49. The number of likely N-dealkylation sites (tertiary alicyclic amines) is 1. The quantitative estimate of drug-likeness (QED) is 0.876. The standard InChI is InChI=1S/C13H15ClN2O3/c1-8-4-5-10(9(14)7-8)15-13(19)16-6-2-3-11(16)12(17)18/h4-5,7,11H,2-3,6H2,1H3,(H,15,19)(H,17,18)/t11-/m0/s1. The number of carbonyl (C=O) groups excluding carboxylic acids is 1. The van der Waals surface area contributed by atoms with Crippen molar-refractivity contribution in [1.29, 1.82) is 0 Å². The van der Waals surface area contributed by atoms with Crippen molar-refractivity contribution in [3.63, 3.8) is 0 Å². The summed E-state index contributed by atoms with van der Waals surface area (Å²) < 4.78 is 0. The number of nitrogens with zero attached hydrogens (tertiary/aromatic N) is 1. The first-order chi connectivity index (χ1) is 8.99. The predicted molar refractivity (Wildman–Crippen MR) is 72.6 cm³/mol. The highest BCUT2D eigenvalue weighted by atomic mass is 35.5. The number of rotatable bonds is 2. The first-order valence-corrected chi connectivity index (χ1v) is 6.43. The van der Waals surface area contributed by atoms with Crippen molar-refractivity contribution >= 4 is 29.3 Å². The fourth-order valence-electron chi connectivity index (χ4n) is 2.18. The summed E-state index contributed by atoms with van der Waals surface area (Å²) >= 11 is 6.03. The van der Waals surface area contributed by atoms with Crippen molar-refractivity contribution in [3.8, 4) is 0 Å². The Morgan fingerprint density at radius 3 is 2.84 bits per heavy atom. The fraction of sp³-hybridized carbons (Fsp3) is 0.385. The molecule has 1 heterocycles. The molecule has 0 saturated carbocycles. The smallest absolute Gasteiger partial charge is 0.326 e. The van der Waals surface area contributed by atoms with Crippen LogP contribution in [-0.4, -0.2) is 34.6 Å². The number of benzene rings is 1. The Hall–Kier alpha value is -1.75. The van der Waals surface area contributed by atoms with Crippen LogP contribution in [0, 0.1) is 6.92 Å². The summed E-state index contributed by atoms with van der Waals surface area (Å²) in [6.45, 7) is 2.35. The molecule has 1 atom stereocenters. The monoisotopic (exact) mass is 282 g/mol. The van der Waals surface area contributed by atoms with Crippen molar-refractivity contribution < 1.29 is 14.7 Å². The lowest BCUT2D eigenvalue weighted by molar-refractivity contribution is -0.141. The van der Waals surface area contributed by atoms with E-state index in [1.54, 1.807) is 12.1 Å². The van der Waals surface area contributed by atoms with Crippen LogP contribution in [0.1, 0.15) is 18.4 Å². The van der Waals surface area contributed by atoms with Crippen molar-refractivity contribution in [2.24, 2.45) is 0 Å². The van der Waals surface area contributed by atoms with E-state index in [0.717, 1.165) is 5.56 Å². The van der Waals surface area contributed by atoms with E-state index in [-0.39, 0.29) is 0 Å². The number of nitrogens with one attached hydrogen (secondary N) is 1. The number of aryl methyl sites for hydroxylation is 1. The number of carbonyl (C=O) groups is 2. The van der Waals surface area contributed by atoms with Crippen molar-refractivity contribution in [2.75, 3.05) is 11.9 Å². The molecule has 19 heavy (non-hydrogen) atoms. The van der Waals surface area contributed by atoms with Gasteiger partial charge in [-0.05, 0) is 37.5 Å². The highest BCUT2D eigenvalue weighted by molar-refractivity contribution is 6.33. The summed E-state index contributed by atoms with van der Waals surface area (Å²) in [4.78, 5) is 24.4. The van der Waals surface area contributed by atoms with Gasteiger partial charge in [0.15, 0.2) is 0 Å². The average molecular weight is 283 g/mol. The molecule has 0 bridgehead atoms. The van der Waals surface area contributed by atoms with E-state index in [1.165, 1.54) is 4.90 Å². The number of hydrogen-bond donors (Lipinski definition) is 2. The maximum atomic E-state index is 12.1. The van der Waals surface area contributed by atoms with Crippen LogP contribution in [0.5, 0.6) is 0 Å². The third kappa shape index (κ3) is 2.98. The van der Waals surface area contributed by atoms with E-state index < -0.39 is 18.0 Å². The van der Waals surface area contributed by atoms with Gasteiger partial charge in [0, 0.05) is 6.54 Å². The Kier molecular flexibility index (Phi) is 3.95. The van der Waals surface area contributed by atoms with Crippen LogP contribution >= 0.6 is 11.6 Å². The van der Waals surface area contributed by atoms with Crippen LogP contribution < -0.4 is 5.32 Å². The summed E-state index contributed by atoms with van der Waals surface area (Å²) in [7, 11) is 0. The van der Waals surface area contributed by atoms with Crippen LogP contribution in [-0.2, 0) is 4.79 Å². The molecule has 0 unspecified atom stereocenters. The van der Waals surface area contributed by atoms with Crippen LogP contribution in [0.3, 0.4) is 0 Å². The summed E-state index contributed by atoms with van der Waals surface area (Å²) in [6.07, 6.45) is 1.19. The second-order valence-electron chi connectivity index (χ2n) is 4.60. The minimum absolute atomic E-state index is 0.421. The predicted octanol–water partition coefficient (Wildman–Crippen LogP) is 2.73. The number of anilines is 1. The van der Waals surface area contributed by atoms with E-state index >= 15 is 0 Å². The van der Waals surface area contributed by atoms with Gasteiger partial charge in [-0.2, -0.15) is 0 Å². The number of hydrogen-bond acceptors (Lipinski definition) is 2. The molecule has 1 aromatic carbocycles. The van der Waals surface area contributed by atoms with E-state index in [2.05, 4.69) is 5.32 Å². The summed E-state index contributed by atoms with van der Waals surface area (Å²) in [5, 5.41) is 12.1. The molecule has 2 amide bonds. The zero-order valence-electron chi connectivity index (χ0n) is 10.5. The molecule has 6 heteroatoms. The van der Waals surface area contributed by atoms with Gasteiger partial charge >= 0.3 is 12.0 Å². The van der Waals surface area contributed by atoms with Gasteiger partial charge in [-0.3, -0.25) is 0 Å². The highest BCUT2D eigenvalue weighted by Gasteiger charge is 2.34. The Labute approximate surface area is 116 Å². The molecule has 1 aliphatic heterocycles. The molecule has 2 rings (SSSR count). The molecule has 5 nitrogen and oxygen atoms in total. The lowest BCUT2D eigenvalue weighted by Gasteiger charge is -2.22. The Morgan fingerprint density at radius 2 is 2.21 bits per heavy atom. The normalized spacial score (nSPS) is 18.4. The Bertz CT molecular complexity index is 519. The fourth-order valence-corrected chi connectivity index (χ4v) is 2.46. The molecular formula is C13H15ClN2O3. The second-order valence-corrected chi connectivity index (χ2v) is 5.01. The van der Waals surface area contributed by atoms with Gasteiger partial charge in [0.2, 0.25) is 0 Å². The molecule has 0 spiro atoms. The third-order valence-corrected chi connectivity index (χ3v) is 3.48. The minimum atomic E-state index is -0.970. The number of carboxylic acids is 1. The summed E-state index contributed by atoms with van der Waals surface area (Å²) in [6, 6.07) is 4.12. The minimum Gasteiger partial charge on any atom is -0.480 e. The topological polar surface area (TPSA) is 69.6 Å². The maximum Gasteiger partial charge on any atom is 0.326 e. The number of halogens is 1. The molecule has 1 fully saturated rings. The van der Waals surface area contributed by atoms with Gasteiger partial charge in [0.05, 0.1) is 10.7 Å². The SMILES string of the molecule is Cc1ccc(NC(=O)N2CCC[C@H]2C(=O)O)c(Cl)c1. The number of amides is 2. The van der Waals surface area contributed by atoms with Gasteiger partial charge in [0.25, 0.3) is 0 Å². The zero-order chi connectivity index (χ0) is 14.0. The molecular weight excluding hydrogens is 268 g/mol. The molecule has 0 aromatic heterocycles. The molecule has 102 valence electrons. The third-order valence-electron chi connectivity index (χ3n) is 3.16. The van der Waals surface area contributed by atoms with Crippen LogP contribution in [0.4, 0.5) is 10.5 Å². The van der Waals surface area contributed by atoms with Gasteiger partial charge in [-0.25, -0.2) is 9.59 Å². The highest BCUT2D eigenvalue weighted by Crippen LogP contribution is 2.24.